The fourth-order valence-corrected chi connectivity index (χ4v) is 2.94. The van der Waals surface area contributed by atoms with Crippen molar-refractivity contribution in [3.8, 4) is 0 Å². The van der Waals surface area contributed by atoms with Crippen molar-refractivity contribution < 1.29 is 49.2 Å². The number of rotatable bonds is 17. The van der Waals surface area contributed by atoms with Crippen LogP contribution in [0.2, 0.25) is 0 Å². The number of aliphatic carboxylic acids is 3. The minimum absolute atomic E-state index is 0.300. The number of nitrogens with two attached hydrogens (primary N) is 1. The van der Waals surface area contributed by atoms with E-state index in [1.807, 2.05) is 11.6 Å². The molecule has 0 aromatic heterocycles. The van der Waals surface area contributed by atoms with Gasteiger partial charge in [-0.1, -0.05) is 0 Å². The van der Waals surface area contributed by atoms with Crippen LogP contribution in [0.4, 0.5) is 0 Å². The highest BCUT2D eigenvalue weighted by atomic mass is 32.2. The van der Waals surface area contributed by atoms with Gasteiger partial charge in [-0.05, 0) is 31.3 Å². The lowest BCUT2D eigenvalue weighted by Crippen LogP contribution is -2.58. The van der Waals surface area contributed by atoms with E-state index in [4.69, 9.17) is 21.1 Å². The molecule has 0 aromatic rings. The Hall–Kier alpha value is -2.91. The number of carboxylic acids is 3. The van der Waals surface area contributed by atoms with E-state index in [1.165, 1.54) is 11.8 Å². The van der Waals surface area contributed by atoms with Crippen LogP contribution < -0.4 is 21.7 Å². The summed E-state index contributed by atoms with van der Waals surface area (Å²) in [6.45, 7) is -0.949. The van der Waals surface area contributed by atoms with Gasteiger partial charge < -0.3 is 42.1 Å². The quantitative estimate of drug-likeness (QED) is 0.103. The number of amides is 3. The van der Waals surface area contributed by atoms with Crippen LogP contribution in [0, 0.1) is 0 Å². The number of aliphatic hydroxyl groups excluding tert-OH is 1. The molecule has 0 aliphatic rings. The van der Waals surface area contributed by atoms with E-state index in [-0.39, 0.29) is 6.42 Å². The molecule has 0 saturated heterocycles. The zero-order chi connectivity index (χ0) is 25.6. The summed E-state index contributed by atoms with van der Waals surface area (Å²) in [5, 5.41) is 42.6. The van der Waals surface area contributed by atoms with Crippen molar-refractivity contribution in [3.63, 3.8) is 0 Å². The first kappa shape index (κ1) is 30.1. The molecule has 0 aromatic carbocycles. The van der Waals surface area contributed by atoms with Gasteiger partial charge in [0.1, 0.15) is 18.1 Å². The number of nitrogens with one attached hydrogen (secondary N) is 3. The second-order valence-corrected chi connectivity index (χ2v) is 7.94. The zero-order valence-corrected chi connectivity index (χ0v) is 18.8. The summed E-state index contributed by atoms with van der Waals surface area (Å²) >= 11 is 1.45. The van der Waals surface area contributed by atoms with Gasteiger partial charge in [0, 0.05) is 12.8 Å². The molecule has 0 radical (unpaired) electrons. The molecular weight excluding hydrogens is 464 g/mol. The molecule has 0 spiro atoms. The lowest BCUT2D eigenvalue weighted by molar-refractivity contribution is -0.143. The van der Waals surface area contributed by atoms with E-state index in [9.17, 15) is 33.9 Å². The van der Waals surface area contributed by atoms with Crippen molar-refractivity contribution in [2.45, 2.75) is 56.3 Å². The van der Waals surface area contributed by atoms with Crippen LogP contribution >= 0.6 is 11.8 Å². The molecule has 33 heavy (non-hydrogen) atoms. The third kappa shape index (κ3) is 12.6. The number of carboxylic acid groups (broad SMARTS) is 3. The molecule has 0 rings (SSSR count). The number of hydrogen-bond acceptors (Lipinski definition) is 9. The van der Waals surface area contributed by atoms with Gasteiger partial charge in [0.25, 0.3) is 0 Å². The van der Waals surface area contributed by atoms with E-state index in [1.54, 1.807) is 0 Å². The zero-order valence-electron chi connectivity index (χ0n) is 18.0. The van der Waals surface area contributed by atoms with Gasteiger partial charge in [-0.15, -0.1) is 0 Å². The minimum atomic E-state index is -1.64. The summed E-state index contributed by atoms with van der Waals surface area (Å²) in [7, 11) is 0. The average Bonchev–Trinajstić information content (AvgIpc) is 2.74. The minimum Gasteiger partial charge on any atom is -0.481 e. The summed E-state index contributed by atoms with van der Waals surface area (Å²) in [5.41, 5.74) is 5.74. The first-order valence-corrected chi connectivity index (χ1v) is 11.2. The molecule has 15 heteroatoms. The predicted octanol–water partition coefficient (Wildman–Crippen LogP) is -2.67. The summed E-state index contributed by atoms with van der Waals surface area (Å²) in [5.74, 6) is -6.28. The highest BCUT2D eigenvalue weighted by Gasteiger charge is 2.30. The molecular formula is C18H30N4O10S. The number of carbonyl (C=O) groups is 6. The largest absolute Gasteiger partial charge is 0.481 e. The third-order valence-corrected chi connectivity index (χ3v) is 4.97. The molecule has 0 saturated carbocycles. The molecule has 188 valence electrons. The van der Waals surface area contributed by atoms with Crippen LogP contribution in [0.1, 0.15) is 32.1 Å². The van der Waals surface area contributed by atoms with E-state index in [0.29, 0.717) is 12.2 Å². The van der Waals surface area contributed by atoms with Gasteiger partial charge in [-0.25, -0.2) is 4.79 Å². The Morgan fingerprint density at radius 1 is 0.758 bits per heavy atom. The monoisotopic (exact) mass is 494 g/mol. The first-order valence-electron chi connectivity index (χ1n) is 9.85. The molecule has 0 aliphatic heterocycles. The Labute approximate surface area is 193 Å². The van der Waals surface area contributed by atoms with Crippen molar-refractivity contribution in [1.29, 1.82) is 0 Å². The first-order chi connectivity index (χ1) is 15.4. The maximum absolute atomic E-state index is 12.6. The fraction of sp³-hybridized carbons (Fsp3) is 0.667. The Morgan fingerprint density at radius 3 is 1.67 bits per heavy atom. The Kier molecular flexibility index (Phi) is 14.4. The van der Waals surface area contributed by atoms with Crippen molar-refractivity contribution in [1.82, 2.24) is 16.0 Å². The summed E-state index contributed by atoms with van der Waals surface area (Å²) in [6.07, 6.45) is 0.295. The molecule has 0 heterocycles. The van der Waals surface area contributed by atoms with Gasteiger partial charge in [-0.3, -0.25) is 24.0 Å². The van der Waals surface area contributed by atoms with Crippen LogP contribution in [-0.4, -0.2) is 98.8 Å². The van der Waals surface area contributed by atoms with Crippen LogP contribution in [0.3, 0.4) is 0 Å². The maximum Gasteiger partial charge on any atom is 0.326 e. The Morgan fingerprint density at radius 2 is 1.21 bits per heavy atom. The summed E-state index contributed by atoms with van der Waals surface area (Å²) < 4.78 is 0. The van der Waals surface area contributed by atoms with Gasteiger partial charge in [-0.2, -0.15) is 11.8 Å². The summed E-state index contributed by atoms with van der Waals surface area (Å²) in [4.78, 5) is 69.9. The lowest BCUT2D eigenvalue weighted by atomic mass is 10.1. The molecule has 9 N–H and O–H groups in total. The molecule has 4 unspecified atom stereocenters. The smallest absolute Gasteiger partial charge is 0.326 e. The molecule has 14 nitrogen and oxygen atoms in total. The van der Waals surface area contributed by atoms with Crippen molar-refractivity contribution in [2.24, 2.45) is 5.73 Å². The number of hydrogen-bond donors (Lipinski definition) is 8. The van der Waals surface area contributed by atoms with Crippen LogP contribution in [-0.2, 0) is 28.8 Å². The molecule has 0 aliphatic carbocycles. The highest BCUT2D eigenvalue weighted by Crippen LogP contribution is 2.04. The molecule has 3 amide bonds. The second-order valence-electron chi connectivity index (χ2n) is 6.96. The SMILES string of the molecule is CSCCC(N)C(=O)NC(CCC(=O)O)C(=O)NC(CO)C(=O)NC(CCC(=O)O)C(=O)O. The number of thioether (sulfide) groups is 1. The summed E-state index contributed by atoms with van der Waals surface area (Å²) in [6, 6.07) is -5.58. The third-order valence-electron chi connectivity index (χ3n) is 4.33. The number of carbonyl (C=O) groups excluding carboxylic acids is 3. The van der Waals surface area contributed by atoms with Crippen LogP contribution in [0.15, 0.2) is 0 Å². The van der Waals surface area contributed by atoms with Gasteiger partial charge >= 0.3 is 17.9 Å². The molecule has 4 atom stereocenters. The predicted molar refractivity (Wildman–Crippen MR) is 115 cm³/mol. The Balaban J connectivity index is 5.26. The van der Waals surface area contributed by atoms with Crippen molar-refractivity contribution in [2.75, 3.05) is 18.6 Å². The second kappa shape index (κ2) is 15.8. The standard InChI is InChI=1S/C18H30N4O10S/c1-33-7-6-9(19)15(28)20-10(2-4-13(24)25)16(29)22-12(8-23)17(30)21-11(18(31)32)3-5-14(26)27/h9-12,23H,2-8,19H2,1H3,(H,20,28)(H,21,30)(H,22,29)(H,24,25)(H,26,27)(H,31,32). The average molecular weight is 495 g/mol. The van der Waals surface area contributed by atoms with Crippen molar-refractivity contribution >= 4 is 47.4 Å². The molecule has 0 fully saturated rings. The van der Waals surface area contributed by atoms with Gasteiger partial charge in [0.05, 0.1) is 12.6 Å². The van der Waals surface area contributed by atoms with E-state index in [2.05, 4.69) is 10.6 Å². The fourth-order valence-electron chi connectivity index (χ4n) is 2.46. The van der Waals surface area contributed by atoms with E-state index in [0.717, 1.165) is 0 Å². The van der Waals surface area contributed by atoms with Crippen molar-refractivity contribution in [3.05, 3.63) is 0 Å². The van der Waals surface area contributed by atoms with Crippen LogP contribution in [0.5, 0.6) is 0 Å². The lowest BCUT2D eigenvalue weighted by Gasteiger charge is -2.24. The number of aliphatic hydroxyl groups is 1. The maximum atomic E-state index is 12.6. The molecule has 0 bridgehead atoms. The normalized spacial score (nSPS) is 14.3. The van der Waals surface area contributed by atoms with E-state index < -0.39 is 85.7 Å². The topological polar surface area (TPSA) is 245 Å². The van der Waals surface area contributed by atoms with Crippen LogP contribution in [0.25, 0.3) is 0 Å². The van der Waals surface area contributed by atoms with E-state index >= 15 is 0 Å². The van der Waals surface area contributed by atoms with Gasteiger partial charge in [0.2, 0.25) is 17.7 Å². The Bertz CT molecular complexity index is 720. The highest BCUT2D eigenvalue weighted by molar-refractivity contribution is 7.98. The van der Waals surface area contributed by atoms with Gasteiger partial charge in [0.15, 0.2) is 0 Å².